The van der Waals surface area contributed by atoms with Crippen molar-refractivity contribution >= 4 is 11.9 Å². The summed E-state index contributed by atoms with van der Waals surface area (Å²) < 4.78 is 4.63. The summed E-state index contributed by atoms with van der Waals surface area (Å²) in [6.07, 6.45) is 0. The molecule has 0 fully saturated rings. The fourth-order valence-corrected chi connectivity index (χ4v) is 1.51. The fraction of sp³-hybridized carbons (Fsp3) is 0.400. The Balaban J connectivity index is 3.26. The van der Waals surface area contributed by atoms with Gasteiger partial charge in [-0.15, -0.1) is 0 Å². The van der Waals surface area contributed by atoms with Gasteiger partial charge >= 0.3 is 5.97 Å². The molecule has 1 aromatic heterocycles. The molecule has 0 aliphatic heterocycles. The minimum Gasteiger partial charge on any atom is -0.465 e. The van der Waals surface area contributed by atoms with Gasteiger partial charge in [0.2, 0.25) is 0 Å². The van der Waals surface area contributed by atoms with Crippen LogP contribution in [0.4, 0.5) is 0 Å². The summed E-state index contributed by atoms with van der Waals surface area (Å²) in [5, 5.41) is 2.50. The largest absolute Gasteiger partial charge is 0.465 e. The summed E-state index contributed by atoms with van der Waals surface area (Å²) in [4.78, 5) is 25.7. The number of rotatable bonds is 2. The quantitative estimate of drug-likeness (QED) is 0.708. The van der Waals surface area contributed by atoms with Crippen LogP contribution in [0, 0.1) is 13.8 Å². The molecule has 82 valence electrons. The highest BCUT2D eigenvalue weighted by Gasteiger charge is 2.21. The van der Waals surface area contributed by atoms with Gasteiger partial charge in [-0.2, -0.15) is 0 Å². The molecule has 0 spiro atoms. The first kappa shape index (κ1) is 11.3. The SMILES string of the molecule is CNC(=O)c1[nH]c(C)c(C(=O)OC)c1C. The highest BCUT2D eigenvalue weighted by atomic mass is 16.5. The van der Waals surface area contributed by atoms with Crippen LogP contribution in [-0.2, 0) is 4.74 Å². The number of aromatic nitrogens is 1. The molecule has 0 aliphatic carbocycles. The van der Waals surface area contributed by atoms with E-state index in [0.29, 0.717) is 22.5 Å². The highest BCUT2D eigenvalue weighted by molar-refractivity contribution is 6.00. The molecule has 15 heavy (non-hydrogen) atoms. The van der Waals surface area contributed by atoms with Crippen LogP contribution in [0.1, 0.15) is 32.1 Å². The second-order valence-electron chi connectivity index (χ2n) is 3.20. The Hall–Kier alpha value is -1.78. The van der Waals surface area contributed by atoms with E-state index in [1.54, 1.807) is 13.8 Å². The zero-order chi connectivity index (χ0) is 11.6. The molecule has 0 bridgehead atoms. The van der Waals surface area contributed by atoms with Gasteiger partial charge in [0.1, 0.15) is 5.69 Å². The number of amides is 1. The molecular weight excluding hydrogens is 196 g/mol. The second-order valence-corrected chi connectivity index (χ2v) is 3.20. The van der Waals surface area contributed by atoms with Crippen LogP contribution < -0.4 is 5.32 Å². The van der Waals surface area contributed by atoms with Crippen LogP contribution in [0.25, 0.3) is 0 Å². The first-order valence-corrected chi connectivity index (χ1v) is 4.52. The number of nitrogens with one attached hydrogen (secondary N) is 2. The lowest BCUT2D eigenvalue weighted by Crippen LogP contribution is -2.19. The van der Waals surface area contributed by atoms with Gasteiger partial charge in [0.25, 0.3) is 5.91 Å². The second kappa shape index (κ2) is 4.16. The summed E-state index contributed by atoms with van der Waals surface area (Å²) in [6, 6.07) is 0. The molecule has 1 heterocycles. The van der Waals surface area contributed by atoms with Crippen molar-refractivity contribution in [1.29, 1.82) is 0 Å². The fourth-order valence-electron chi connectivity index (χ4n) is 1.51. The maximum atomic E-state index is 11.4. The molecule has 0 radical (unpaired) electrons. The van der Waals surface area contributed by atoms with Gasteiger partial charge in [-0.25, -0.2) is 4.79 Å². The number of esters is 1. The van der Waals surface area contributed by atoms with E-state index < -0.39 is 5.97 Å². The lowest BCUT2D eigenvalue weighted by molar-refractivity contribution is 0.0599. The first-order valence-electron chi connectivity index (χ1n) is 4.52. The van der Waals surface area contributed by atoms with Crippen molar-refractivity contribution in [3.8, 4) is 0 Å². The van der Waals surface area contributed by atoms with E-state index in [4.69, 9.17) is 0 Å². The average molecular weight is 210 g/mol. The molecule has 1 aromatic rings. The van der Waals surface area contributed by atoms with Crippen LogP contribution in [0.2, 0.25) is 0 Å². The molecule has 0 saturated heterocycles. The predicted molar refractivity (Wildman–Crippen MR) is 55.0 cm³/mol. The van der Waals surface area contributed by atoms with E-state index in [1.807, 2.05) is 0 Å². The van der Waals surface area contributed by atoms with E-state index in [2.05, 4.69) is 15.0 Å². The van der Waals surface area contributed by atoms with Gasteiger partial charge in [0, 0.05) is 12.7 Å². The summed E-state index contributed by atoms with van der Waals surface area (Å²) in [6.45, 7) is 3.44. The van der Waals surface area contributed by atoms with Crippen LogP contribution in [0.5, 0.6) is 0 Å². The third kappa shape index (κ3) is 1.86. The number of carbonyl (C=O) groups excluding carboxylic acids is 2. The average Bonchev–Trinajstić information content (AvgIpc) is 2.52. The van der Waals surface area contributed by atoms with Crippen molar-refractivity contribution < 1.29 is 14.3 Å². The predicted octanol–water partition coefficient (Wildman–Crippen LogP) is 0.778. The number of aryl methyl sites for hydroxylation is 1. The molecule has 0 aliphatic rings. The number of ether oxygens (including phenoxy) is 1. The lowest BCUT2D eigenvalue weighted by atomic mass is 10.1. The molecule has 5 heteroatoms. The van der Waals surface area contributed by atoms with Crippen molar-refractivity contribution in [2.45, 2.75) is 13.8 Å². The van der Waals surface area contributed by atoms with Crippen molar-refractivity contribution in [1.82, 2.24) is 10.3 Å². The number of hydrogen-bond donors (Lipinski definition) is 2. The number of H-pyrrole nitrogens is 1. The molecule has 1 rings (SSSR count). The first-order chi connectivity index (χ1) is 7.02. The highest BCUT2D eigenvalue weighted by Crippen LogP contribution is 2.18. The van der Waals surface area contributed by atoms with Crippen LogP contribution in [-0.4, -0.2) is 31.0 Å². The molecule has 0 aromatic carbocycles. The molecule has 5 nitrogen and oxygen atoms in total. The van der Waals surface area contributed by atoms with Crippen LogP contribution in [0.3, 0.4) is 0 Å². The molecule has 0 saturated carbocycles. The molecule has 2 N–H and O–H groups in total. The summed E-state index contributed by atoms with van der Waals surface area (Å²) >= 11 is 0. The standard InChI is InChI=1S/C10H14N2O3/c1-5-7(10(14)15-4)6(2)12-8(5)9(13)11-3/h12H,1-4H3,(H,11,13). The molecule has 1 amide bonds. The van der Waals surface area contributed by atoms with Crippen molar-refractivity contribution in [3.05, 3.63) is 22.5 Å². The normalized spacial score (nSPS) is 9.87. The molecule has 0 atom stereocenters. The molecule has 0 unspecified atom stereocenters. The van der Waals surface area contributed by atoms with Crippen molar-refractivity contribution in [3.63, 3.8) is 0 Å². The Morgan fingerprint density at radius 1 is 1.33 bits per heavy atom. The maximum Gasteiger partial charge on any atom is 0.339 e. The number of methoxy groups -OCH3 is 1. The minimum absolute atomic E-state index is 0.245. The summed E-state index contributed by atoms with van der Waals surface area (Å²) in [5.74, 6) is -0.679. The van der Waals surface area contributed by atoms with Crippen LogP contribution >= 0.6 is 0 Å². The maximum absolute atomic E-state index is 11.4. The zero-order valence-electron chi connectivity index (χ0n) is 9.22. The van der Waals surface area contributed by atoms with E-state index in [1.165, 1.54) is 14.2 Å². The van der Waals surface area contributed by atoms with Crippen molar-refractivity contribution in [2.24, 2.45) is 0 Å². The third-order valence-electron chi connectivity index (χ3n) is 2.28. The minimum atomic E-state index is -0.434. The van der Waals surface area contributed by atoms with Gasteiger partial charge in [-0.1, -0.05) is 0 Å². The molecular formula is C10H14N2O3. The smallest absolute Gasteiger partial charge is 0.339 e. The zero-order valence-corrected chi connectivity index (χ0v) is 9.22. The lowest BCUT2D eigenvalue weighted by Gasteiger charge is -2.00. The third-order valence-corrected chi connectivity index (χ3v) is 2.28. The summed E-state index contributed by atoms with van der Waals surface area (Å²) in [7, 11) is 2.85. The van der Waals surface area contributed by atoms with Gasteiger partial charge in [0.05, 0.1) is 12.7 Å². The number of aromatic amines is 1. The van der Waals surface area contributed by atoms with E-state index in [0.717, 1.165) is 0 Å². The Labute approximate surface area is 87.8 Å². The summed E-state index contributed by atoms with van der Waals surface area (Å²) in [5.41, 5.74) is 2.07. The van der Waals surface area contributed by atoms with Crippen molar-refractivity contribution in [2.75, 3.05) is 14.2 Å². The number of hydrogen-bond acceptors (Lipinski definition) is 3. The Kier molecular flexibility index (Phi) is 3.14. The van der Waals surface area contributed by atoms with Gasteiger partial charge in [-0.05, 0) is 19.4 Å². The Morgan fingerprint density at radius 3 is 2.40 bits per heavy atom. The van der Waals surface area contributed by atoms with Gasteiger partial charge in [-0.3, -0.25) is 4.79 Å². The van der Waals surface area contributed by atoms with Gasteiger partial charge < -0.3 is 15.0 Å². The topological polar surface area (TPSA) is 71.2 Å². The van der Waals surface area contributed by atoms with E-state index in [9.17, 15) is 9.59 Å². The number of carbonyl (C=O) groups is 2. The Bertz CT molecular complexity index is 407. The van der Waals surface area contributed by atoms with Gasteiger partial charge in [0.15, 0.2) is 0 Å². The van der Waals surface area contributed by atoms with E-state index in [-0.39, 0.29) is 5.91 Å². The van der Waals surface area contributed by atoms with Crippen LogP contribution in [0.15, 0.2) is 0 Å². The van der Waals surface area contributed by atoms with E-state index >= 15 is 0 Å². The Morgan fingerprint density at radius 2 is 1.93 bits per heavy atom. The monoisotopic (exact) mass is 210 g/mol.